The normalized spacial score (nSPS) is 13.5. The second kappa shape index (κ2) is 49.1. The number of carbonyl (C=O) groups excluding carboxylic acids is 2. The molecule has 0 aromatic rings. The van der Waals surface area contributed by atoms with Crippen molar-refractivity contribution in [2.24, 2.45) is 0 Å². The Morgan fingerprint density at radius 3 is 1.33 bits per heavy atom. The number of nitrogens with one attached hydrogen (secondary N) is 1. The minimum atomic E-state index is -0.795. The van der Waals surface area contributed by atoms with E-state index in [1.807, 2.05) is 0 Å². The van der Waals surface area contributed by atoms with Crippen molar-refractivity contribution in [3.63, 3.8) is 0 Å². The fourth-order valence-corrected chi connectivity index (χ4v) is 8.21. The molecule has 0 radical (unpaired) electrons. The summed E-state index contributed by atoms with van der Waals surface area (Å²) in [5.74, 6) is -0.501. The van der Waals surface area contributed by atoms with Crippen molar-refractivity contribution in [3.05, 3.63) is 36.5 Å². The van der Waals surface area contributed by atoms with E-state index in [0.717, 1.165) is 77.0 Å². The van der Waals surface area contributed by atoms with E-state index in [1.54, 1.807) is 0 Å². The van der Waals surface area contributed by atoms with E-state index in [2.05, 4.69) is 62.5 Å². The number of allylic oxidation sites excluding steroid dienone is 6. The second-order valence-corrected chi connectivity index (χ2v) is 18.3. The van der Waals surface area contributed by atoms with Gasteiger partial charge in [-0.25, -0.2) is 0 Å². The van der Waals surface area contributed by atoms with Gasteiger partial charge < -0.3 is 20.3 Å². The zero-order valence-corrected chi connectivity index (χ0v) is 40.8. The molecule has 0 spiro atoms. The number of aliphatic hydroxyl groups excluding tert-OH is 2. The molecule has 0 saturated carbocycles. The van der Waals surface area contributed by atoms with Crippen LogP contribution in [0, 0.1) is 0 Å². The number of esters is 1. The molecular formula is C55H103NO5. The van der Waals surface area contributed by atoms with Crippen molar-refractivity contribution in [1.82, 2.24) is 5.32 Å². The quantitative estimate of drug-likeness (QED) is 0.0322. The van der Waals surface area contributed by atoms with Gasteiger partial charge in [0.15, 0.2) is 0 Å². The molecule has 0 saturated heterocycles. The van der Waals surface area contributed by atoms with E-state index in [1.165, 1.54) is 154 Å². The van der Waals surface area contributed by atoms with Crippen LogP contribution in [0.25, 0.3) is 0 Å². The first-order valence-electron chi connectivity index (χ1n) is 26.7. The molecule has 0 aromatic heterocycles. The lowest BCUT2D eigenvalue weighted by Gasteiger charge is -2.24. The van der Waals surface area contributed by atoms with Crippen LogP contribution in [0.5, 0.6) is 0 Å². The zero-order chi connectivity index (χ0) is 44.5. The Hall–Kier alpha value is -1.92. The predicted molar refractivity (Wildman–Crippen MR) is 264 cm³/mol. The lowest BCUT2D eigenvalue weighted by atomic mass is 10.0. The molecule has 0 fully saturated rings. The largest absolute Gasteiger partial charge is 0.462 e. The first kappa shape index (κ1) is 59.1. The molecule has 6 nitrogen and oxygen atoms in total. The van der Waals surface area contributed by atoms with E-state index < -0.39 is 18.2 Å². The van der Waals surface area contributed by atoms with Crippen LogP contribution in [0.15, 0.2) is 36.5 Å². The van der Waals surface area contributed by atoms with E-state index in [4.69, 9.17) is 4.74 Å². The van der Waals surface area contributed by atoms with Crippen LogP contribution in [0.4, 0.5) is 0 Å². The Kier molecular flexibility index (Phi) is 47.6. The maximum Gasteiger partial charge on any atom is 0.306 e. The van der Waals surface area contributed by atoms with Crippen LogP contribution in [0.2, 0.25) is 0 Å². The van der Waals surface area contributed by atoms with Crippen molar-refractivity contribution < 1.29 is 24.5 Å². The fraction of sp³-hybridized carbons (Fsp3) is 0.855. The van der Waals surface area contributed by atoms with Gasteiger partial charge >= 0.3 is 5.97 Å². The van der Waals surface area contributed by atoms with Crippen molar-refractivity contribution in [2.45, 2.75) is 296 Å². The summed E-state index contributed by atoms with van der Waals surface area (Å²) < 4.78 is 5.92. The average molecular weight is 858 g/mol. The Balaban J connectivity index is 4.52. The van der Waals surface area contributed by atoms with Crippen LogP contribution in [-0.2, 0) is 14.3 Å². The highest BCUT2D eigenvalue weighted by Gasteiger charge is 2.24. The summed E-state index contributed by atoms with van der Waals surface area (Å²) in [5, 5.41) is 23.8. The van der Waals surface area contributed by atoms with Gasteiger partial charge in [-0.2, -0.15) is 0 Å². The maximum atomic E-state index is 13.2. The Labute approximate surface area is 379 Å². The molecule has 6 heteroatoms. The van der Waals surface area contributed by atoms with Crippen LogP contribution >= 0.6 is 0 Å². The fourth-order valence-electron chi connectivity index (χ4n) is 8.21. The van der Waals surface area contributed by atoms with Gasteiger partial charge in [-0.15, -0.1) is 0 Å². The van der Waals surface area contributed by atoms with Crippen molar-refractivity contribution in [2.75, 3.05) is 6.61 Å². The predicted octanol–water partition coefficient (Wildman–Crippen LogP) is 16.1. The van der Waals surface area contributed by atoms with Crippen LogP contribution in [0.1, 0.15) is 278 Å². The van der Waals surface area contributed by atoms with E-state index in [9.17, 15) is 19.8 Å². The first-order chi connectivity index (χ1) is 30.0. The smallest absolute Gasteiger partial charge is 0.306 e. The molecule has 3 unspecified atom stereocenters. The highest BCUT2D eigenvalue weighted by atomic mass is 16.5. The highest BCUT2D eigenvalue weighted by Crippen LogP contribution is 2.18. The van der Waals surface area contributed by atoms with Crippen molar-refractivity contribution >= 4 is 11.9 Å². The monoisotopic (exact) mass is 858 g/mol. The lowest BCUT2D eigenvalue weighted by Crippen LogP contribution is -2.46. The minimum Gasteiger partial charge on any atom is -0.462 e. The Bertz CT molecular complexity index is 1010. The number of unbranched alkanes of at least 4 members (excludes halogenated alkanes) is 30. The van der Waals surface area contributed by atoms with Gasteiger partial charge in [-0.05, 0) is 57.8 Å². The van der Waals surface area contributed by atoms with Crippen molar-refractivity contribution in [1.29, 1.82) is 0 Å². The number of rotatable bonds is 48. The first-order valence-corrected chi connectivity index (χ1v) is 26.7. The maximum absolute atomic E-state index is 13.2. The molecule has 0 aliphatic carbocycles. The molecule has 0 rings (SSSR count). The standard InChI is InChI=1S/C55H103NO5/c1-4-7-10-13-16-19-22-25-27-28-29-32-35-38-41-44-47-53(58)52(50-57)56-54(59)49-51(46-43-40-37-34-31-24-21-18-15-12-9-6-3)61-55(60)48-45-42-39-36-33-30-26-23-20-17-14-11-8-5-2/h9,12,18,21,31,34,51-53,57-58H,4-8,10-11,13-17,19-20,22-30,32-33,35-50H2,1-3H3,(H,56,59)/b12-9+,21-18+,34-31+. The number of carbonyl (C=O) groups is 2. The number of amides is 1. The molecule has 0 aliphatic heterocycles. The summed E-state index contributed by atoms with van der Waals surface area (Å²) in [6, 6.07) is -0.711. The van der Waals surface area contributed by atoms with E-state index in [-0.39, 0.29) is 24.9 Å². The number of hydrogen-bond donors (Lipinski definition) is 3. The van der Waals surface area contributed by atoms with Crippen LogP contribution in [-0.4, -0.2) is 46.9 Å². The number of hydrogen-bond acceptors (Lipinski definition) is 5. The summed E-state index contributed by atoms with van der Waals surface area (Å²) in [4.78, 5) is 26.1. The van der Waals surface area contributed by atoms with Gasteiger partial charge in [0.2, 0.25) is 5.91 Å². The number of ether oxygens (including phenoxy) is 1. The van der Waals surface area contributed by atoms with Crippen molar-refractivity contribution in [3.8, 4) is 0 Å². The summed E-state index contributed by atoms with van der Waals surface area (Å²) in [6.45, 7) is 6.38. The third-order valence-electron chi connectivity index (χ3n) is 12.2. The third kappa shape index (κ3) is 44.5. The van der Waals surface area contributed by atoms with E-state index >= 15 is 0 Å². The Morgan fingerprint density at radius 2 is 0.885 bits per heavy atom. The van der Waals surface area contributed by atoms with E-state index in [0.29, 0.717) is 19.3 Å². The van der Waals surface area contributed by atoms with Gasteiger partial charge in [0.1, 0.15) is 6.10 Å². The molecule has 1 amide bonds. The molecular weight excluding hydrogens is 755 g/mol. The van der Waals surface area contributed by atoms with Gasteiger partial charge in [-0.3, -0.25) is 9.59 Å². The molecule has 3 N–H and O–H groups in total. The van der Waals surface area contributed by atoms with Crippen LogP contribution < -0.4 is 5.32 Å². The summed E-state index contributed by atoms with van der Waals surface area (Å²) >= 11 is 0. The van der Waals surface area contributed by atoms with Gasteiger partial charge in [0.05, 0.1) is 25.2 Å². The molecule has 0 aliphatic rings. The second-order valence-electron chi connectivity index (χ2n) is 18.3. The molecule has 0 heterocycles. The topological polar surface area (TPSA) is 95.9 Å². The minimum absolute atomic E-state index is 0.0554. The van der Waals surface area contributed by atoms with Gasteiger partial charge in [0, 0.05) is 6.42 Å². The molecule has 358 valence electrons. The highest BCUT2D eigenvalue weighted by molar-refractivity contribution is 5.77. The molecule has 0 bridgehead atoms. The lowest BCUT2D eigenvalue weighted by molar-refractivity contribution is -0.151. The third-order valence-corrected chi connectivity index (χ3v) is 12.2. The molecule has 61 heavy (non-hydrogen) atoms. The van der Waals surface area contributed by atoms with Gasteiger partial charge in [-0.1, -0.05) is 243 Å². The summed E-state index contributed by atoms with van der Waals surface area (Å²) in [6.07, 6.45) is 57.8. The molecule has 0 aromatic carbocycles. The SMILES string of the molecule is CC/C=C/C/C=C/C/C=C/CCCCC(CC(=O)NC(CO)C(O)CCCCCCCCCCCCCCCCCC)OC(=O)CCCCCCCCCCCCCCCC. The Morgan fingerprint density at radius 1 is 0.492 bits per heavy atom. The zero-order valence-electron chi connectivity index (χ0n) is 40.8. The number of aliphatic hydroxyl groups is 2. The summed E-state index contributed by atoms with van der Waals surface area (Å²) in [5.41, 5.74) is 0. The van der Waals surface area contributed by atoms with Crippen LogP contribution in [0.3, 0.4) is 0 Å². The summed E-state index contributed by atoms with van der Waals surface area (Å²) in [7, 11) is 0. The molecule has 3 atom stereocenters. The van der Waals surface area contributed by atoms with Gasteiger partial charge in [0.25, 0.3) is 0 Å². The average Bonchev–Trinajstić information content (AvgIpc) is 3.25.